The maximum Gasteiger partial charge on any atom is 0.395 e. The fraction of sp³-hybridized carbons (Fsp3) is 0.500. The van der Waals surface area contributed by atoms with Crippen LogP contribution in [0.1, 0.15) is 30.7 Å². The van der Waals surface area contributed by atoms with Gasteiger partial charge >= 0.3 is 12.1 Å². The molecule has 1 fully saturated rings. The van der Waals surface area contributed by atoms with Crippen molar-refractivity contribution in [3.05, 3.63) is 29.8 Å². The number of rotatable bonds is 4. The van der Waals surface area contributed by atoms with Crippen LogP contribution in [0.4, 0.5) is 17.6 Å². The van der Waals surface area contributed by atoms with Gasteiger partial charge in [0.2, 0.25) is 0 Å². The summed E-state index contributed by atoms with van der Waals surface area (Å²) in [6, 6.07) is 1.12. The molecule has 1 aromatic heterocycles. The second-order valence-electron chi connectivity index (χ2n) is 4.70. The van der Waals surface area contributed by atoms with Crippen LogP contribution in [0.2, 0.25) is 0 Å². The summed E-state index contributed by atoms with van der Waals surface area (Å²) in [5, 5.41) is 8.79. The molecule has 0 spiro atoms. The summed E-state index contributed by atoms with van der Waals surface area (Å²) in [5.41, 5.74) is -2.35. The number of pyridine rings is 1. The lowest BCUT2D eigenvalue weighted by molar-refractivity contribution is -0.195. The zero-order valence-corrected chi connectivity index (χ0v) is 9.75. The van der Waals surface area contributed by atoms with Gasteiger partial charge in [0, 0.05) is 12.1 Å². The molecule has 1 N–H and O–H groups in total. The number of halogens is 4. The highest BCUT2D eigenvalue weighted by molar-refractivity contribution is 5.68. The van der Waals surface area contributed by atoms with Crippen molar-refractivity contribution in [2.45, 2.75) is 31.4 Å². The third-order valence-corrected chi connectivity index (χ3v) is 3.58. The van der Waals surface area contributed by atoms with E-state index < -0.39 is 35.7 Å². The summed E-state index contributed by atoms with van der Waals surface area (Å²) >= 11 is 0. The molecule has 1 aromatic rings. The quantitative estimate of drug-likeness (QED) is 0.860. The molecule has 19 heavy (non-hydrogen) atoms. The van der Waals surface area contributed by atoms with E-state index in [1.807, 2.05) is 0 Å². The number of alkyl halides is 3. The van der Waals surface area contributed by atoms with Gasteiger partial charge in [-0.05, 0) is 24.5 Å². The lowest BCUT2D eigenvalue weighted by Gasteiger charge is -2.28. The summed E-state index contributed by atoms with van der Waals surface area (Å²) in [7, 11) is 0. The number of aliphatic carboxylic acids is 1. The van der Waals surface area contributed by atoms with E-state index in [-0.39, 0.29) is 18.4 Å². The number of carboxylic acids is 1. The average molecular weight is 277 g/mol. The lowest BCUT2D eigenvalue weighted by atomic mass is 9.80. The van der Waals surface area contributed by atoms with E-state index in [9.17, 15) is 22.4 Å². The third-order valence-electron chi connectivity index (χ3n) is 3.58. The van der Waals surface area contributed by atoms with Crippen LogP contribution in [-0.4, -0.2) is 22.2 Å². The van der Waals surface area contributed by atoms with Gasteiger partial charge in [-0.2, -0.15) is 13.2 Å². The Kier molecular flexibility index (Phi) is 3.24. The van der Waals surface area contributed by atoms with Crippen molar-refractivity contribution in [3.63, 3.8) is 0 Å². The van der Waals surface area contributed by atoms with Gasteiger partial charge in [-0.25, -0.2) is 4.39 Å². The molecule has 1 aliphatic carbocycles. The number of nitrogens with zero attached hydrogens (tertiary/aromatic N) is 1. The Morgan fingerprint density at radius 3 is 2.53 bits per heavy atom. The molecule has 1 saturated carbocycles. The number of aromatic nitrogens is 1. The van der Waals surface area contributed by atoms with Crippen LogP contribution in [0.25, 0.3) is 0 Å². The first-order valence-electron chi connectivity index (χ1n) is 5.66. The third kappa shape index (κ3) is 2.41. The lowest BCUT2D eigenvalue weighted by Crippen LogP contribution is -2.32. The predicted octanol–water partition coefficient (Wildman–Crippen LogP) is 3.12. The van der Waals surface area contributed by atoms with E-state index in [0.717, 1.165) is 12.3 Å². The minimum Gasteiger partial charge on any atom is -0.481 e. The highest BCUT2D eigenvalue weighted by Crippen LogP contribution is 2.66. The molecule has 7 heteroatoms. The minimum absolute atomic E-state index is 0.170. The molecule has 0 amide bonds. The normalized spacial score (nSPS) is 18.9. The van der Waals surface area contributed by atoms with E-state index in [2.05, 4.69) is 4.98 Å². The Morgan fingerprint density at radius 2 is 2.11 bits per heavy atom. The van der Waals surface area contributed by atoms with Gasteiger partial charge < -0.3 is 5.11 Å². The van der Waals surface area contributed by atoms with Gasteiger partial charge in [0.25, 0.3) is 0 Å². The van der Waals surface area contributed by atoms with Crippen LogP contribution in [0, 0.1) is 11.2 Å². The van der Waals surface area contributed by atoms with Crippen molar-refractivity contribution >= 4 is 5.97 Å². The molecule has 1 atom stereocenters. The van der Waals surface area contributed by atoms with Crippen LogP contribution in [-0.2, 0) is 4.79 Å². The molecule has 0 radical (unpaired) electrons. The van der Waals surface area contributed by atoms with Gasteiger partial charge in [-0.1, -0.05) is 0 Å². The molecular formula is C12H11F4NO2. The summed E-state index contributed by atoms with van der Waals surface area (Å²) in [5.74, 6) is -3.69. The average Bonchev–Trinajstić information content (AvgIpc) is 3.07. The van der Waals surface area contributed by atoms with Gasteiger partial charge in [0.1, 0.15) is 5.82 Å². The van der Waals surface area contributed by atoms with Crippen LogP contribution >= 0.6 is 0 Å². The largest absolute Gasteiger partial charge is 0.481 e. The van der Waals surface area contributed by atoms with Crippen molar-refractivity contribution in [2.75, 3.05) is 0 Å². The van der Waals surface area contributed by atoms with Gasteiger partial charge in [-0.3, -0.25) is 9.78 Å². The van der Waals surface area contributed by atoms with E-state index >= 15 is 0 Å². The highest BCUT2D eigenvalue weighted by Gasteiger charge is 2.67. The molecular weight excluding hydrogens is 266 g/mol. The molecule has 104 valence electrons. The molecule has 0 aliphatic heterocycles. The smallest absolute Gasteiger partial charge is 0.395 e. The number of hydrogen-bond acceptors (Lipinski definition) is 2. The first-order valence-corrected chi connectivity index (χ1v) is 5.66. The summed E-state index contributed by atoms with van der Waals surface area (Å²) in [6.07, 6.45) is -3.66. The Morgan fingerprint density at radius 1 is 1.47 bits per heavy atom. The Bertz CT molecular complexity index is 497. The first-order chi connectivity index (χ1) is 8.78. The zero-order valence-electron chi connectivity index (χ0n) is 9.75. The second kappa shape index (κ2) is 4.47. The fourth-order valence-electron chi connectivity index (χ4n) is 2.41. The molecule has 3 nitrogen and oxygen atoms in total. The van der Waals surface area contributed by atoms with Gasteiger partial charge in [-0.15, -0.1) is 0 Å². The zero-order chi connectivity index (χ0) is 14.3. The number of hydrogen-bond donors (Lipinski definition) is 1. The Labute approximate surface area is 106 Å². The van der Waals surface area contributed by atoms with Crippen LogP contribution in [0.3, 0.4) is 0 Å². The topological polar surface area (TPSA) is 50.2 Å². The highest BCUT2D eigenvalue weighted by atomic mass is 19.4. The molecule has 0 aromatic carbocycles. The van der Waals surface area contributed by atoms with Crippen LogP contribution < -0.4 is 0 Å². The first kappa shape index (κ1) is 13.8. The molecule has 0 saturated heterocycles. The molecule has 1 aliphatic rings. The van der Waals surface area contributed by atoms with Crippen LogP contribution in [0.5, 0.6) is 0 Å². The van der Waals surface area contributed by atoms with Crippen LogP contribution in [0.15, 0.2) is 18.5 Å². The summed E-state index contributed by atoms with van der Waals surface area (Å²) in [4.78, 5) is 14.3. The fourth-order valence-corrected chi connectivity index (χ4v) is 2.41. The van der Waals surface area contributed by atoms with E-state index in [0.29, 0.717) is 0 Å². The summed E-state index contributed by atoms with van der Waals surface area (Å²) in [6.45, 7) is 0. The molecule has 0 unspecified atom stereocenters. The van der Waals surface area contributed by atoms with Crippen molar-refractivity contribution in [2.24, 2.45) is 5.41 Å². The standard InChI is InChI=1S/C12H11F4NO2/c13-9-6-17-4-1-7(9)8(5-10(18)19)11(2-3-11)12(14,15)16/h1,4,6,8H,2-3,5H2,(H,18,19)/t8-/m1/s1. The van der Waals surface area contributed by atoms with Crippen molar-refractivity contribution in [1.82, 2.24) is 4.98 Å². The number of carbonyl (C=O) groups is 1. The van der Waals surface area contributed by atoms with Gasteiger partial charge in [0.05, 0.1) is 18.0 Å². The SMILES string of the molecule is O=C(O)C[C@H](c1ccncc1F)C1(C(F)(F)F)CC1. The molecule has 2 rings (SSSR count). The maximum atomic E-state index is 13.6. The Balaban J connectivity index is 2.44. The van der Waals surface area contributed by atoms with Gasteiger partial charge in [0.15, 0.2) is 0 Å². The monoisotopic (exact) mass is 277 g/mol. The Hall–Kier alpha value is -1.66. The van der Waals surface area contributed by atoms with Crippen molar-refractivity contribution in [1.29, 1.82) is 0 Å². The second-order valence-corrected chi connectivity index (χ2v) is 4.70. The maximum absolute atomic E-state index is 13.6. The number of carboxylic acid groups (broad SMARTS) is 1. The van der Waals surface area contributed by atoms with Crippen molar-refractivity contribution in [3.8, 4) is 0 Å². The van der Waals surface area contributed by atoms with E-state index in [4.69, 9.17) is 5.11 Å². The summed E-state index contributed by atoms with van der Waals surface area (Å²) < 4.78 is 52.9. The minimum atomic E-state index is -4.54. The molecule has 1 heterocycles. The predicted molar refractivity (Wildman–Crippen MR) is 56.9 cm³/mol. The molecule has 0 bridgehead atoms. The van der Waals surface area contributed by atoms with E-state index in [1.165, 1.54) is 6.20 Å². The van der Waals surface area contributed by atoms with E-state index in [1.54, 1.807) is 0 Å². The van der Waals surface area contributed by atoms with Crippen molar-refractivity contribution < 1.29 is 27.5 Å².